The number of nitrogens with zero attached hydrogens (tertiary/aromatic N) is 2. The van der Waals surface area contributed by atoms with Crippen molar-refractivity contribution in [3.05, 3.63) is 22.4 Å². The lowest BCUT2D eigenvalue weighted by Crippen LogP contribution is -2.46. The Labute approximate surface area is 140 Å². The quantitative estimate of drug-likeness (QED) is 0.570. The molecule has 126 valence electrons. The largest absolute Gasteiger partial charge is 0.356 e. The highest BCUT2D eigenvalue weighted by atomic mass is 32.1. The van der Waals surface area contributed by atoms with Gasteiger partial charge in [0, 0.05) is 43.0 Å². The van der Waals surface area contributed by atoms with Crippen LogP contribution in [0.1, 0.15) is 39.5 Å². The first-order valence-electron chi connectivity index (χ1n) is 8.13. The fraction of sp³-hybridized carbons (Fsp3) is 0.706. The first kappa shape index (κ1) is 19.0. The number of rotatable bonds is 8. The van der Waals surface area contributed by atoms with Gasteiger partial charge in [-0.25, -0.2) is 0 Å². The van der Waals surface area contributed by atoms with Crippen molar-refractivity contribution in [2.75, 3.05) is 33.2 Å². The number of aliphatic imine (C=N–C) groups is 1. The summed E-state index contributed by atoms with van der Waals surface area (Å²) in [6.07, 6.45) is 0. The molecular formula is C17H32N4S. The van der Waals surface area contributed by atoms with E-state index in [4.69, 9.17) is 0 Å². The van der Waals surface area contributed by atoms with Crippen LogP contribution in [0.2, 0.25) is 0 Å². The fourth-order valence-corrected chi connectivity index (χ4v) is 3.23. The zero-order valence-electron chi connectivity index (χ0n) is 14.9. The lowest BCUT2D eigenvalue weighted by Gasteiger charge is -2.27. The van der Waals surface area contributed by atoms with Crippen LogP contribution < -0.4 is 10.6 Å². The van der Waals surface area contributed by atoms with Gasteiger partial charge in [0.15, 0.2) is 5.96 Å². The molecule has 0 amide bonds. The molecule has 5 heteroatoms. The average Bonchev–Trinajstić information content (AvgIpc) is 3.01. The van der Waals surface area contributed by atoms with Crippen molar-refractivity contribution in [1.29, 1.82) is 0 Å². The van der Waals surface area contributed by atoms with E-state index in [0.29, 0.717) is 6.04 Å². The van der Waals surface area contributed by atoms with Gasteiger partial charge < -0.3 is 10.6 Å². The Hall–Kier alpha value is -1.07. The number of thiophene rings is 1. The summed E-state index contributed by atoms with van der Waals surface area (Å²) in [6.45, 7) is 15.1. The minimum absolute atomic E-state index is 0.110. The smallest absolute Gasteiger partial charge is 0.191 e. The first-order chi connectivity index (χ1) is 10.4. The third-order valence-electron chi connectivity index (χ3n) is 3.94. The van der Waals surface area contributed by atoms with Crippen LogP contribution in [0, 0.1) is 0 Å². The zero-order valence-corrected chi connectivity index (χ0v) is 15.8. The topological polar surface area (TPSA) is 39.7 Å². The Balaban J connectivity index is 2.40. The molecule has 0 saturated heterocycles. The van der Waals surface area contributed by atoms with Crippen molar-refractivity contribution in [2.45, 2.75) is 46.1 Å². The molecule has 22 heavy (non-hydrogen) atoms. The second-order valence-electron chi connectivity index (χ2n) is 6.44. The SMILES string of the molecule is CCN(CCNC(=NC)NCC(C)(C)c1cccs1)C(C)C. The molecule has 0 aliphatic carbocycles. The van der Waals surface area contributed by atoms with E-state index in [9.17, 15) is 0 Å². The van der Waals surface area contributed by atoms with E-state index < -0.39 is 0 Å². The predicted octanol–water partition coefficient (Wildman–Crippen LogP) is 2.92. The van der Waals surface area contributed by atoms with Crippen molar-refractivity contribution < 1.29 is 0 Å². The standard InChI is InChI=1S/C17H32N4S/c1-7-21(14(2)3)11-10-19-16(18-6)20-13-17(4,5)15-9-8-12-22-15/h8-9,12,14H,7,10-11,13H2,1-6H3,(H2,18,19,20). The van der Waals surface area contributed by atoms with Gasteiger partial charge in [-0.15, -0.1) is 11.3 Å². The third kappa shape index (κ3) is 5.97. The lowest BCUT2D eigenvalue weighted by atomic mass is 9.91. The maximum atomic E-state index is 4.32. The summed E-state index contributed by atoms with van der Waals surface area (Å²) in [5, 5.41) is 8.99. The molecule has 0 spiro atoms. The van der Waals surface area contributed by atoms with E-state index in [-0.39, 0.29) is 5.41 Å². The minimum Gasteiger partial charge on any atom is -0.356 e. The normalized spacial score (nSPS) is 13.0. The molecule has 1 aromatic rings. The summed E-state index contributed by atoms with van der Waals surface area (Å²) >= 11 is 1.81. The van der Waals surface area contributed by atoms with E-state index in [1.165, 1.54) is 4.88 Å². The lowest BCUT2D eigenvalue weighted by molar-refractivity contribution is 0.237. The number of hydrogen-bond acceptors (Lipinski definition) is 3. The van der Waals surface area contributed by atoms with Gasteiger partial charge in [0.25, 0.3) is 0 Å². The van der Waals surface area contributed by atoms with Crippen LogP contribution in [0.15, 0.2) is 22.5 Å². The Kier molecular flexibility index (Phi) is 7.90. The number of guanidine groups is 1. The molecule has 0 bridgehead atoms. The molecule has 2 N–H and O–H groups in total. The van der Waals surface area contributed by atoms with Crippen LogP contribution in [-0.2, 0) is 5.41 Å². The second-order valence-corrected chi connectivity index (χ2v) is 7.38. The van der Waals surface area contributed by atoms with Crippen LogP contribution in [0.4, 0.5) is 0 Å². The highest BCUT2D eigenvalue weighted by Gasteiger charge is 2.21. The summed E-state index contributed by atoms with van der Waals surface area (Å²) in [5.41, 5.74) is 0.110. The van der Waals surface area contributed by atoms with Crippen molar-refractivity contribution in [2.24, 2.45) is 4.99 Å². The maximum absolute atomic E-state index is 4.32. The summed E-state index contributed by atoms with van der Waals surface area (Å²) in [7, 11) is 1.83. The molecule has 0 aliphatic rings. The predicted molar refractivity (Wildman–Crippen MR) is 99.1 cm³/mol. The molecule has 0 fully saturated rings. The molecule has 0 radical (unpaired) electrons. The summed E-state index contributed by atoms with van der Waals surface area (Å²) < 4.78 is 0. The first-order valence-corrected chi connectivity index (χ1v) is 9.01. The van der Waals surface area contributed by atoms with E-state index in [2.05, 4.69) is 72.7 Å². The molecule has 1 rings (SSSR count). The van der Waals surface area contributed by atoms with Gasteiger partial charge in [-0.2, -0.15) is 0 Å². The Bertz CT molecular complexity index is 438. The highest BCUT2D eigenvalue weighted by molar-refractivity contribution is 7.10. The van der Waals surface area contributed by atoms with Crippen molar-refractivity contribution in [1.82, 2.24) is 15.5 Å². The molecule has 4 nitrogen and oxygen atoms in total. The Morgan fingerprint density at radius 3 is 2.59 bits per heavy atom. The summed E-state index contributed by atoms with van der Waals surface area (Å²) in [6, 6.07) is 4.89. The van der Waals surface area contributed by atoms with Crippen LogP contribution in [0.5, 0.6) is 0 Å². The van der Waals surface area contributed by atoms with E-state index in [1.807, 2.05) is 18.4 Å². The monoisotopic (exact) mass is 324 g/mol. The molecule has 0 aliphatic heterocycles. The number of nitrogens with one attached hydrogen (secondary N) is 2. The maximum Gasteiger partial charge on any atom is 0.191 e. The Morgan fingerprint density at radius 2 is 2.09 bits per heavy atom. The second kappa shape index (κ2) is 9.16. The molecule has 0 saturated carbocycles. The highest BCUT2D eigenvalue weighted by Crippen LogP contribution is 2.26. The molecule has 1 aromatic heterocycles. The van der Waals surface area contributed by atoms with Crippen molar-refractivity contribution >= 4 is 17.3 Å². The van der Waals surface area contributed by atoms with Crippen LogP contribution in [-0.4, -0.2) is 50.1 Å². The molecule has 0 aromatic carbocycles. The van der Waals surface area contributed by atoms with Gasteiger partial charge in [-0.3, -0.25) is 9.89 Å². The van der Waals surface area contributed by atoms with Crippen molar-refractivity contribution in [3.63, 3.8) is 0 Å². The van der Waals surface area contributed by atoms with Gasteiger partial charge >= 0.3 is 0 Å². The van der Waals surface area contributed by atoms with Crippen LogP contribution in [0.25, 0.3) is 0 Å². The molecular weight excluding hydrogens is 292 g/mol. The molecule has 0 unspecified atom stereocenters. The average molecular weight is 325 g/mol. The fourth-order valence-electron chi connectivity index (χ4n) is 2.38. The number of hydrogen-bond donors (Lipinski definition) is 2. The van der Waals surface area contributed by atoms with E-state index >= 15 is 0 Å². The zero-order chi connectivity index (χ0) is 16.6. The Morgan fingerprint density at radius 1 is 1.36 bits per heavy atom. The third-order valence-corrected chi connectivity index (χ3v) is 5.17. The minimum atomic E-state index is 0.110. The van der Waals surface area contributed by atoms with Gasteiger partial charge in [0.2, 0.25) is 0 Å². The van der Waals surface area contributed by atoms with E-state index in [1.54, 1.807) is 0 Å². The van der Waals surface area contributed by atoms with E-state index in [0.717, 1.165) is 32.1 Å². The van der Waals surface area contributed by atoms with Crippen LogP contribution >= 0.6 is 11.3 Å². The van der Waals surface area contributed by atoms with Crippen LogP contribution in [0.3, 0.4) is 0 Å². The summed E-state index contributed by atoms with van der Waals surface area (Å²) in [5.74, 6) is 0.879. The van der Waals surface area contributed by atoms with Gasteiger partial charge in [0.05, 0.1) is 0 Å². The van der Waals surface area contributed by atoms with Gasteiger partial charge in [-0.05, 0) is 31.8 Å². The summed E-state index contributed by atoms with van der Waals surface area (Å²) in [4.78, 5) is 8.16. The van der Waals surface area contributed by atoms with Crippen molar-refractivity contribution in [3.8, 4) is 0 Å². The van der Waals surface area contributed by atoms with Gasteiger partial charge in [-0.1, -0.05) is 26.8 Å². The molecule has 0 atom stereocenters. The molecule has 1 heterocycles. The number of likely N-dealkylation sites (N-methyl/N-ethyl adjacent to an activating group) is 1. The van der Waals surface area contributed by atoms with Gasteiger partial charge in [0.1, 0.15) is 0 Å².